The molecule has 4 aliphatic rings. The second-order valence-corrected chi connectivity index (χ2v) is 13.8. The molecule has 224 valence electrons. The zero-order valence-corrected chi connectivity index (χ0v) is 24.9. The van der Waals surface area contributed by atoms with Crippen molar-refractivity contribution in [3.05, 3.63) is 50.6 Å². The number of non-ortho nitro benzene ring substituents is 1. The number of unbranched alkanes of at least 4 members (excludes halogenated alkanes) is 2. The number of nitro benzene ring substituents is 2. The van der Waals surface area contributed by atoms with E-state index in [0.29, 0.717) is 23.7 Å². The van der Waals surface area contributed by atoms with Gasteiger partial charge in [0.1, 0.15) is 5.69 Å². The van der Waals surface area contributed by atoms with Crippen molar-refractivity contribution in [2.24, 2.45) is 51.4 Å². The molecule has 9 nitrogen and oxygen atoms in total. The van der Waals surface area contributed by atoms with Gasteiger partial charge in [-0.3, -0.25) is 25.7 Å². The van der Waals surface area contributed by atoms with Crippen LogP contribution in [0.1, 0.15) is 91.9 Å². The minimum atomic E-state index is -1.04. The van der Waals surface area contributed by atoms with Crippen LogP contribution in [0.4, 0.5) is 17.1 Å². The zero-order chi connectivity index (χ0) is 29.6. The van der Waals surface area contributed by atoms with E-state index < -0.39 is 21.1 Å². The van der Waals surface area contributed by atoms with Crippen LogP contribution in [-0.2, 0) is 0 Å². The fourth-order valence-corrected chi connectivity index (χ4v) is 9.92. The molecule has 0 heterocycles. The zero-order valence-electron chi connectivity index (χ0n) is 24.9. The quantitative estimate of drug-likeness (QED) is 0.0973. The van der Waals surface area contributed by atoms with E-state index in [1.54, 1.807) is 6.21 Å². The molecule has 9 atom stereocenters. The molecule has 41 heavy (non-hydrogen) atoms. The molecule has 3 fully saturated rings. The second-order valence-electron chi connectivity index (χ2n) is 13.8. The summed E-state index contributed by atoms with van der Waals surface area (Å²) in [5.74, 6) is 2.30. The monoisotopic (exact) mass is 566 g/mol. The third kappa shape index (κ3) is 4.78. The van der Waals surface area contributed by atoms with Crippen LogP contribution in [0.5, 0.6) is 0 Å². The Morgan fingerprint density at radius 3 is 2.61 bits per heavy atom. The van der Waals surface area contributed by atoms with Crippen molar-refractivity contribution in [3.8, 4) is 0 Å². The fourth-order valence-electron chi connectivity index (χ4n) is 9.92. The van der Waals surface area contributed by atoms with E-state index in [-0.39, 0.29) is 34.0 Å². The summed E-state index contributed by atoms with van der Waals surface area (Å²) in [6.07, 6.45) is 17.6. The highest BCUT2D eigenvalue weighted by Gasteiger charge is 2.70. The number of hydrazone groups is 1. The molecule has 5 rings (SSSR count). The van der Waals surface area contributed by atoms with E-state index in [4.69, 9.17) is 0 Å². The van der Waals surface area contributed by atoms with E-state index in [1.807, 2.05) is 6.08 Å². The number of fused-ring (bicyclic) bond motifs is 5. The molecular formula is C32H46N4O5. The summed E-state index contributed by atoms with van der Waals surface area (Å²) in [6, 6.07) is 3.51. The van der Waals surface area contributed by atoms with Crippen LogP contribution < -0.4 is 5.43 Å². The van der Waals surface area contributed by atoms with Gasteiger partial charge in [-0.25, -0.2) is 0 Å². The number of nitro groups is 2. The van der Waals surface area contributed by atoms with Crippen molar-refractivity contribution in [2.75, 3.05) is 5.43 Å². The van der Waals surface area contributed by atoms with Crippen molar-refractivity contribution in [1.82, 2.24) is 0 Å². The molecule has 1 aromatic rings. The van der Waals surface area contributed by atoms with Gasteiger partial charge >= 0.3 is 5.69 Å². The van der Waals surface area contributed by atoms with Crippen LogP contribution in [-0.4, -0.2) is 26.8 Å². The number of nitrogens with zero attached hydrogens (tertiary/aromatic N) is 3. The number of hydrogen-bond acceptors (Lipinski definition) is 7. The van der Waals surface area contributed by atoms with Gasteiger partial charge in [0, 0.05) is 23.6 Å². The standard InChI is InChI=1S/C32H46N4O5/c1-5-6-7-10-21(2)23-12-13-24-29-25(15-18-30(23,24)3)31(4)16-8-9-17-32(31,37)26(29)20-33-34-27-14-11-22(35(38)39)19-28(27)36(40)41/h9,11,14,17,19-21,23-26,29,34,37H,5-8,10,12-13,15-16,18H2,1-4H3/b33-20+/t21-,23-,24?,25?,26?,29?,30-,31-,32-/m1/s1. The van der Waals surface area contributed by atoms with E-state index in [0.717, 1.165) is 25.3 Å². The summed E-state index contributed by atoms with van der Waals surface area (Å²) in [4.78, 5) is 21.5. The summed E-state index contributed by atoms with van der Waals surface area (Å²) in [7, 11) is 0. The van der Waals surface area contributed by atoms with Gasteiger partial charge < -0.3 is 5.11 Å². The molecule has 9 heteroatoms. The lowest BCUT2D eigenvalue weighted by Gasteiger charge is -2.51. The van der Waals surface area contributed by atoms with Crippen LogP contribution in [0.2, 0.25) is 0 Å². The number of allylic oxidation sites excluding steroid dienone is 1. The first kappa shape index (κ1) is 29.7. The van der Waals surface area contributed by atoms with Gasteiger partial charge in [-0.05, 0) is 79.6 Å². The smallest absolute Gasteiger partial charge is 0.301 e. The van der Waals surface area contributed by atoms with E-state index >= 15 is 0 Å². The number of hydrogen-bond donors (Lipinski definition) is 2. The molecule has 0 radical (unpaired) electrons. The summed E-state index contributed by atoms with van der Waals surface area (Å²) < 4.78 is 0. The molecule has 0 bridgehead atoms. The predicted octanol–water partition coefficient (Wildman–Crippen LogP) is 7.89. The molecule has 4 unspecified atom stereocenters. The molecule has 0 saturated heterocycles. The van der Waals surface area contributed by atoms with Gasteiger partial charge in [0.15, 0.2) is 0 Å². The Morgan fingerprint density at radius 2 is 1.90 bits per heavy atom. The van der Waals surface area contributed by atoms with Crippen LogP contribution in [0.3, 0.4) is 0 Å². The van der Waals surface area contributed by atoms with Gasteiger partial charge in [0.25, 0.3) is 5.69 Å². The average molecular weight is 567 g/mol. The molecular weight excluding hydrogens is 520 g/mol. The normalized spacial score (nSPS) is 38.3. The highest BCUT2D eigenvalue weighted by molar-refractivity contribution is 5.70. The molecule has 4 aliphatic carbocycles. The molecule has 0 amide bonds. The van der Waals surface area contributed by atoms with E-state index in [2.05, 4.69) is 44.3 Å². The maximum Gasteiger partial charge on any atom is 0.301 e. The van der Waals surface area contributed by atoms with Crippen molar-refractivity contribution < 1.29 is 15.0 Å². The lowest BCUT2D eigenvalue weighted by molar-refractivity contribution is -0.393. The molecule has 2 N–H and O–H groups in total. The minimum absolute atomic E-state index is 0.0932. The highest BCUT2D eigenvalue weighted by atomic mass is 16.6. The number of benzene rings is 1. The third-order valence-electron chi connectivity index (χ3n) is 12.0. The van der Waals surface area contributed by atoms with Gasteiger partial charge in [-0.2, -0.15) is 5.10 Å². The van der Waals surface area contributed by atoms with Crippen LogP contribution in [0, 0.1) is 66.6 Å². The summed E-state index contributed by atoms with van der Waals surface area (Å²) in [6.45, 7) is 9.48. The number of nitrogens with one attached hydrogen (secondary N) is 1. The Bertz CT molecular complexity index is 1230. The van der Waals surface area contributed by atoms with Gasteiger partial charge in [0.05, 0.1) is 21.5 Å². The van der Waals surface area contributed by atoms with Gasteiger partial charge in [0.2, 0.25) is 0 Å². The summed E-state index contributed by atoms with van der Waals surface area (Å²) in [5, 5.41) is 39.7. The first-order valence-electron chi connectivity index (χ1n) is 15.6. The lowest BCUT2D eigenvalue weighted by Crippen LogP contribution is -2.49. The fraction of sp³-hybridized carbons (Fsp3) is 0.719. The number of rotatable bonds is 10. The minimum Gasteiger partial charge on any atom is -0.385 e. The third-order valence-corrected chi connectivity index (χ3v) is 12.0. The summed E-state index contributed by atoms with van der Waals surface area (Å²) >= 11 is 0. The Labute approximate surface area is 243 Å². The van der Waals surface area contributed by atoms with Crippen molar-refractivity contribution in [2.45, 2.75) is 97.5 Å². The van der Waals surface area contributed by atoms with Crippen molar-refractivity contribution >= 4 is 23.3 Å². The largest absolute Gasteiger partial charge is 0.385 e. The molecule has 0 aromatic heterocycles. The first-order chi connectivity index (χ1) is 19.5. The molecule has 3 saturated carbocycles. The van der Waals surface area contributed by atoms with Crippen LogP contribution in [0.15, 0.2) is 35.5 Å². The number of anilines is 1. The Kier molecular flexibility index (Phi) is 8.05. The maximum atomic E-state index is 12.4. The molecule has 0 aliphatic heterocycles. The Morgan fingerprint density at radius 1 is 1.12 bits per heavy atom. The van der Waals surface area contributed by atoms with Gasteiger partial charge in [-0.1, -0.05) is 65.5 Å². The lowest BCUT2D eigenvalue weighted by atomic mass is 9.53. The van der Waals surface area contributed by atoms with Crippen molar-refractivity contribution in [3.63, 3.8) is 0 Å². The van der Waals surface area contributed by atoms with E-state index in [1.165, 1.54) is 57.1 Å². The topological polar surface area (TPSA) is 131 Å². The highest BCUT2D eigenvalue weighted by Crippen LogP contribution is 2.72. The summed E-state index contributed by atoms with van der Waals surface area (Å²) in [5.41, 5.74) is 1.09. The first-order valence-corrected chi connectivity index (χ1v) is 15.6. The van der Waals surface area contributed by atoms with E-state index in [9.17, 15) is 25.3 Å². The molecule has 1 aromatic carbocycles. The second kappa shape index (κ2) is 11.1. The van der Waals surface area contributed by atoms with Crippen LogP contribution >= 0.6 is 0 Å². The average Bonchev–Trinajstić information content (AvgIpc) is 3.38. The van der Waals surface area contributed by atoms with Gasteiger partial charge in [-0.15, -0.1) is 0 Å². The van der Waals surface area contributed by atoms with Crippen LogP contribution in [0.25, 0.3) is 0 Å². The molecule has 0 spiro atoms. The maximum absolute atomic E-state index is 12.4. The SMILES string of the molecule is CCCCC[C@@H](C)[C@H]1CCC2C3C(/C=N/Nc4ccc([N+](=O)[O-])cc4[N+](=O)[O-])[C@]4(O)C=CCC[C@]4(C)C3CC[C@@]21C. The Hall–Kier alpha value is -2.81. The van der Waals surface area contributed by atoms with Crippen molar-refractivity contribution in [1.29, 1.82) is 0 Å². The predicted molar refractivity (Wildman–Crippen MR) is 161 cm³/mol. The Balaban J connectivity index is 1.46. The number of aliphatic hydroxyl groups is 1.